The first-order valence-corrected chi connectivity index (χ1v) is 7.60. The van der Waals surface area contributed by atoms with Gasteiger partial charge in [0, 0.05) is 23.9 Å². The summed E-state index contributed by atoms with van der Waals surface area (Å²) in [6.07, 6.45) is 0. The highest BCUT2D eigenvalue weighted by Crippen LogP contribution is 2.27. The van der Waals surface area contributed by atoms with E-state index in [1.165, 1.54) is 23.9 Å². The number of rotatable bonds is 9. The number of benzene rings is 1. The lowest BCUT2D eigenvalue weighted by Gasteiger charge is -2.07. The molecule has 120 valence electrons. The number of nitrogens with zero attached hydrogens (tertiary/aromatic N) is 1. The Labute approximate surface area is 131 Å². The van der Waals surface area contributed by atoms with E-state index in [0.29, 0.717) is 5.75 Å². The number of nitrogens with one attached hydrogen (secondary N) is 1. The van der Waals surface area contributed by atoms with Gasteiger partial charge in [0.15, 0.2) is 5.75 Å². The molecule has 0 spiro atoms. The number of amides is 1. The first-order chi connectivity index (χ1) is 10.5. The molecule has 22 heavy (non-hydrogen) atoms. The monoisotopic (exact) mass is 328 g/mol. The number of thioether (sulfide) groups is 1. The predicted molar refractivity (Wildman–Crippen MR) is 81.6 cm³/mol. The van der Waals surface area contributed by atoms with E-state index in [4.69, 9.17) is 9.84 Å². The summed E-state index contributed by atoms with van der Waals surface area (Å²) < 4.78 is 5.14. The van der Waals surface area contributed by atoms with Crippen molar-refractivity contribution in [3.63, 3.8) is 0 Å². The second kappa shape index (κ2) is 8.88. The van der Waals surface area contributed by atoms with Crippen LogP contribution in [0.4, 0.5) is 5.69 Å². The Morgan fingerprint density at radius 2 is 2.18 bits per heavy atom. The quantitative estimate of drug-likeness (QED) is 0.401. The van der Waals surface area contributed by atoms with Gasteiger partial charge in [0.1, 0.15) is 0 Å². The zero-order chi connectivity index (χ0) is 16.5. The average molecular weight is 328 g/mol. The fourth-order valence-corrected chi connectivity index (χ4v) is 2.14. The van der Waals surface area contributed by atoms with Crippen molar-refractivity contribution in [3.05, 3.63) is 33.9 Å². The third-order valence-electron chi connectivity index (χ3n) is 2.48. The molecule has 2 N–H and O–H groups in total. The summed E-state index contributed by atoms with van der Waals surface area (Å²) in [7, 11) is 0. The van der Waals surface area contributed by atoms with Gasteiger partial charge in [-0.1, -0.05) is 0 Å². The van der Waals surface area contributed by atoms with Crippen LogP contribution in [0.2, 0.25) is 0 Å². The second-order valence-electron chi connectivity index (χ2n) is 4.07. The van der Waals surface area contributed by atoms with Crippen molar-refractivity contribution in [2.24, 2.45) is 0 Å². The number of carboxylic acid groups (broad SMARTS) is 1. The molecule has 0 saturated heterocycles. The highest BCUT2D eigenvalue weighted by Gasteiger charge is 2.18. The number of carbonyl (C=O) groups excluding carboxylic acids is 1. The Morgan fingerprint density at radius 1 is 1.45 bits per heavy atom. The molecule has 1 amide bonds. The number of hydrogen-bond acceptors (Lipinski definition) is 6. The maximum Gasteiger partial charge on any atom is 0.313 e. The minimum absolute atomic E-state index is 0.0373. The van der Waals surface area contributed by atoms with E-state index in [2.05, 4.69) is 5.32 Å². The Hall–Kier alpha value is -2.29. The molecule has 0 heterocycles. The first-order valence-electron chi connectivity index (χ1n) is 6.44. The molecule has 0 radical (unpaired) electrons. The smallest absolute Gasteiger partial charge is 0.313 e. The van der Waals surface area contributed by atoms with Crippen LogP contribution in [0, 0.1) is 10.1 Å². The molecule has 0 bridgehead atoms. The van der Waals surface area contributed by atoms with E-state index in [0.717, 1.165) is 6.07 Å². The average Bonchev–Trinajstić information content (AvgIpc) is 2.46. The number of hydrogen-bond donors (Lipinski definition) is 2. The van der Waals surface area contributed by atoms with Gasteiger partial charge < -0.3 is 15.2 Å². The molecule has 0 atom stereocenters. The van der Waals surface area contributed by atoms with Crippen molar-refractivity contribution in [1.29, 1.82) is 0 Å². The van der Waals surface area contributed by atoms with Gasteiger partial charge in [0.25, 0.3) is 5.91 Å². The van der Waals surface area contributed by atoms with Crippen LogP contribution < -0.4 is 10.1 Å². The highest BCUT2D eigenvalue weighted by molar-refractivity contribution is 7.99. The molecule has 0 unspecified atom stereocenters. The maximum atomic E-state index is 11.9. The van der Waals surface area contributed by atoms with Crippen LogP contribution in [0.15, 0.2) is 18.2 Å². The van der Waals surface area contributed by atoms with Crippen molar-refractivity contribution in [2.45, 2.75) is 6.92 Å². The Kier molecular flexibility index (Phi) is 7.17. The van der Waals surface area contributed by atoms with Gasteiger partial charge in [-0.2, -0.15) is 0 Å². The minimum atomic E-state index is -0.918. The topological polar surface area (TPSA) is 119 Å². The predicted octanol–water partition coefficient (Wildman–Crippen LogP) is 1.54. The Bertz CT molecular complexity index is 563. The van der Waals surface area contributed by atoms with Crippen LogP contribution >= 0.6 is 11.8 Å². The third-order valence-corrected chi connectivity index (χ3v) is 3.42. The number of carboxylic acids is 1. The molecular weight excluding hydrogens is 312 g/mol. The summed E-state index contributed by atoms with van der Waals surface area (Å²) in [6, 6.07) is 3.98. The fraction of sp³-hybridized carbons (Fsp3) is 0.385. The number of carbonyl (C=O) groups is 2. The largest absolute Gasteiger partial charge is 0.487 e. The van der Waals surface area contributed by atoms with E-state index in [1.807, 2.05) is 0 Å². The molecule has 8 nitrogen and oxygen atoms in total. The second-order valence-corrected chi connectivity index (χ2v) is 5.18. The minimum Gasteiger partial charge on any atom is -0.487 e. The number of nitro benzene ring substituents is 1. The van der Waals surface area contributed by atoms with E-state index >= 15 is 0 Å². The van der Waals surface area contributed by atoms with E-state index < -0.39 is 16.8 Å². The van der Waals surface area contributed by atoms with Gasteiger partial charge >= 0.3 is 11.7 Å². The molecule has 1 aromatic rings. The van der Waals surface area contributed by atoms with Gasteiger partial charge in [-0.15, -0.1) is 11.8 Å². The molecule has 0 aromatic heterocycles. The summed E-state index contributed by atoms with van der Waals surface area (Å²) in [4.78, 5) is 32.6. The van der Waals surface area contributed by atoms with Gasteiger partial charge in [-0.3, -0.25) is 19.7 Å². The van der Waals surface area contributed by atoms with Crippen molar-refractivity contribution in [2.75, 3.05) is 24.7 Å². The van der Waals surface area contributed by atoms with Crippen molar-refractivity contribution >= 4 is 29.3 Å². The maximum absolute atomic E-state index is 11.9. The normalized spacial score (nSPS) is 10.0. The van der Waals surface area contributed by atoms with Gasteiger partial charge in [0.2, 0.25) is 0 Å². The lowest BCUT2D eigenvalue weighted by Crippen LogP contribution is -2.26. The Balaban J connectivity index is 2.63. The van der Waals surface area contributed by atoms with E-state index in [1.54, 1.807) is 6.92 Å². The molecule has 1 aromatic carbocycles. The summed E-state index contributed by atoms with van der Waals surface area (Å²) in [5.41, 5.74) is -0.117. The number of ether oxygens (including phenoxy) is 1. The first kappa shape index (κ1) is 17.8. The molecule has 0 aliphatic heterocycles. The summed E-state index contributed by atoms with van der Waals surface area (Å²) in [5.74, 6) is -0.858. The van der Waals surface area contributed by atoms with Crippen molar-refractivity contribution < 1.29 is 24.4 Å². The molecule has 0 aliphatic carbocycles. The summed E-state index contributed by atoms with van der Waals surface area (Å²) in [5, 5.41) is 22.0. The van der Waals surface area contributed by atoms with Crippen LogP contribution in [0.25, 0.3) is 0 Å². The number of nitro groups is 1. The summed E-state index contributed by atoms with van der Waals surface area (Å²) >= 11 is 1.17. The Morgan fingerprint density at radius 3 is 2.77 bits per heavy atom. The molecular formula is C13H16N2O6S. The van der Waals surface area contributed by atoms with E-state index in [9.17, 15) is 19.7 Å². The van der Waals surface area contributed by atoms with Crippen LogP contribution in [0.3, 0.4) is 0 Å². The van der Waals surface area contributed by atoms with Gasteiger partial charge in [0.05, 0.1) is 17.3 Å². The third kappa shape index (κ3) is 5.60. The standard InChI is InChI=1S/C13H16N2O6S/c1-2-21-11-4-3-9(7-10(11)15(19)20)13(18)14-5-6-22-8-12(16)17/h3-4,7H,2,5-6,8H2,1H3,(H,14,18)(H,16,17). The zero-order valence-electron chi connectivity index (χ0n) is 11.9. The van der Waals surface area contributed by atoms with Gasteiger partial charge in [-0.25, -0.2) is 0 Å². The summed E-state index contributed by atoms with van der Waals surface area (Å²) in [6.45, 7) is 2.27. The number of aliphatic carboxylic acids is 1. The van der Waals surface area contributed by atoms with Crippen LogP contribution in [0.1, 0.15) is 17.3 Å². The lowest BCUT2D eigenvalue weighted by atomic mass is 10.1. The molecule has 0 aliphatic rings. The van der Waals surface area contributed by atoms with Crippen molar-refractivity contribution in [3.8, 4) is 5.75 Å². The van der Waals surface area contributed by atoms with Gasteiger partial charge in [-0.05, 0) is 19.1 Å². The fourth-order valence-electron chi connectivity index (χ4n) is 1.58. The van der Waals surface area contributed by atoms with Crippen LogP contribution in [-0.2, 0) is 4.79 Å². The SMILES string of the molecule is CCOc1ccc(C(=O)NCCSCC(=O)O)cc1[N+](=O)[O-]. The lowest BCUT2D eigenvalue weighted by molar-refractivity contribution is -0.385. The van der Waals surface area contributed by atoms with Crippen LogP contribution in [0.5, 0.6) is 5.75 Å². The zero-order valence-corrected chi connectivity index (χ0v) is 12.7. The van der Waals surface area contributed by atoms with Crippen molar-refractivity contribution in [1.82, 2.24) is 5.32 Å². The van der Waals surface area contributed by atoms with Crippen LogP contribution in [-0.4, -0.2) is 46.6 Å². The molecule has 0 saturated carbocycles. The van der Waals surface area contributed by atoms with E-state index in [-0.39, 0.29) is 35.9 Å². The highest BCUT2D eigenvalue weighted by atomic mass is 32.2. The molecule has 1 rings (SSSR count). The molecule has 0 fully saturated rings. The molecule has 9 heteroatoms.